The number of halogens is 1. The molecular weight excluding hydrogens is 506 g/mol. The third kappa shape index (κ3) is 4.79. The van der Waals surface area contributed by atoms with Gasteiger partial charge in [0.25, 0.3) is 5.91 Å². The molecule has 9 heteroatoms. The summed E-state index contributed by atoms with van der Waals surface area (Å²) in [4.78, 5) is 25.9. The number of carbonyl (C=O) groups is 2. The molecule has 2 aromatic heterocycles. The van der Waals surface area contributed by atoms with E-state index in [-0.39, 0.29) is 18.1 Å². The number of benzene rings is 2. The second-order valence-corrected chi connectivity index (χ2v) is 9.86. The van der Waals surface area contributed by atoms with Gasteiger partial charge in [-0.25, -0.2) is 5.43 Å². The van der Waals surface area contributed by atoms with Crippen LogP contribution in [0.2, 0.25) is 5.02 Å². The van der Waals surface area contributed by atoms with E-state index in [4.69, 9.17) is 25.2 Å². The lowest BCUT2D eigenvalue weighted by molar-refractivity contribution is -0.120. The monoisotopic (exact) mass is 533 g/mol. The zero-order valence-corrected chi connectivity index (χ0v) is 22.4. The van der Waals surface area contributed by atoms with E-state index < -0.39 is 5.91 Å². The molecule has 5 rings (SSSR count). The lowest BCUT2D eigenvalue weighted by Gasteiger charge is -2.13. The molecule has 4 aromatic rings. The Kier molecular flexibility index (Phi) is 6.99. The molecule has 38 heavy (non-hydrogen) atoms. The van der Waals surface area contributed by atoms with Crippen LogP contribution in [0.15, 0.2) is 50.5 Å². The van der Waals surface area contributed by atoms with Crippen LogP contribution in [-0.4, -0.2) is 24.6 Å². The fraction of sp³-hybridized carbons (Fsp3) is 0.276. The largest absolute Gasteiger partial charge is 0.495 e. The van der Waals surface area contributed by atoms with E-state index in [1.165, 1.54) is 7.11 Å². The van der Waals surface area contributed by atoms with Crippen LogP contribution in [0.3, 0.4) is 0 Å². The number of methoxy groups -OCH3 is 1. The molecule has 1 aliphatic rings. The quantitative estimate of drug-likeness (QED) is 0.284. The highest BCUT2D eigenvalue weighted by Crippen LogP contribution is 2.32. The molecule has 8 nitrogen and oxygen atoms in total. The molecule has 0 radical (unpaired) electrons. The molecule has 2 aromatic carbocycles. The third-order valence-corrected chi connectivity index (χ3v) is 7.19. The van der Waals surface area contributed by atoms with Crippen molar-refractivity contribution in [1.29, 1.82) is 0 Å². The number of carbonyl (C=O) groups excluding carboxylic acids is 2. The number of nitrogens with zero attached hydrogens (tertiary/aromatic N) is 1. The van der Waals surface area contributed by atoms with E-state index in [2.05, 4.69) is 15.8 Å². The topological polar surface area (TPSA) is 106 Å². The zero-order chi connectivity index (χ0) is 27.0. The van der Waals surface area contributed by atoms with Gasteiger partial charge in [0.05, 0.1) is 31.2 Å². The van der Waals surface area contributed by atoms with Gasteiger partial charge in [0, 0.05) is 33.5 Å². The van der Waals surface area contributed by atoms with Crippen LogP contribution >= 0.6 is 11.6 Å². The summed E-state index contributed by atoms with van der Waals surface area (Å²) in [5.74, 6) is 0.679. The number of aryl methyl sites for hydroxylation is 3. The molecule has 2 N–H and O–H groups in total. The molecule has 0 spiro atoms. The molecule has 0 aliphatic heterocycles. The van der Waals surface area contributed by atoms with Crippen molar-refractivity contribution in [2.45, 2.75) is 46.5 Å². The van der Waals surface area contributed by atoms with Gasteiger partial charge in [-0.2, -0.15) is 5.10 Å². The van der Waals surface area contributed by atoms with Crippen molar-refractivity contribution < 1.29 is 23.2 Å². The standard InChI is InChI=1S/C29H28ClN3O5/c1-15-8-10-20-18(14-37-27(20)16(15)2)12-25(34)33-32-21-6-5-7-24-26(21)17(3)28(38-24)29(35)31-22-13-19(30)9-11-23(22)36-4/h8-11,13-14H,5-7,12H2,1-4H3,(H,31,35)(H,33,34)/b32-21+. The number of amides is 2. The van der Waals surface area contributed by atoms with Gasteiger partial charge in [-0.3, -0.25) is 9.59 Å². The molecule has 1 aliphatic carbocycles. The van der Waals surface area contributed by atoms with E-state index in [0.29, 0.717) is 46.3 Å². The van der Waals surface area contributed by atoms with E-state index in [9.17, 15) is 9.59 Å². The first-order valence-corrected chi connectivity index (χ1v) is 12.7. The predicted octanol–water partition coefficient (Wildman–Crippen LogP) is 6.26. The number of ether oxygens (including phenoxy) is 1. The number of hydrazone groups is 1. The second kappa shape index (κ2) is 10.4. The van der Waals surface area contributed by atoms with Gasteiger partial charge in [0.1, 0.15) is 17.1 Å². The maximum Gasteiger partial charge on any atom is 0.291 e. The van der Waals surface area contributed by atoms with Crippen LogP contribution in [0.5, 0.6) is 5.75 Å². The fourth-order valence-electron chi connectivity index (χ4n) is 4.82. The first-order chi connectivity index (χ1) is 18.3. The molecule has 0 atom stereocenters. The minimum Gasteiger partial charge on any atom is -0.495 e. The average molecular weight is 534 g/mol. The highest BCUT2D eigenvalue weighted by atomic mass is 35.5. The van der Waals surface area contributed by atoms with Crippen LogP contribution in [0.4, 0.5) is 5.69 Å². The highest BCUT2D eigenvalue weighted by Gasteiger charge is 2.28. The van der Waals surface area contributed by atoms with Crippen molar-refractivity contribution in [1.82, 2.24) is 5.43 Å². The lowest BCUT2D eigenvalue weighted by atomic mass is 9.93. The number of hydrogen-bond donors (Lipinski definition) is 2. The van der Waals surface area contributed by atoms with Crippen molar-refractivity contribution in [3.05, 3.63) is 81.0 Å². The summed E-state index contributed by atoms with van der Waals surface area (Å²) >= 11 is 6.10. The minimum absolute atomic E-state index is 0.138. The van der Waals surface area contributed by atoms with Crippen molar-refractivity contribution in [2.75, 3.05) is 12.4 Å². The highest BCUT2D eigenvalue weighted by molar-refractivity contribution is 6.31. The van der Waals surface area contributed by atoms with E-state index in [1.807, 2.05) is 32.9 Å². The van der Waals surface area contributed by atoms with E-state index in [0.717, 1.165) is 39.6 Å². The number of nitrogens with one attached hydrogen (secondary N) is 2. The van der Waals surface area contributed by atoms with Crippen LogP contribution in [0.1, 0.15) is 57.0 Å². The lowest BCUT2D eigenvalue weighted by Crippen LogP contribution is -2.23. The maximum atomic E-state index is 13.1. The molecular formula is C29H28ClN3O5. The Labute approximate surface area is 225 Å². The SMILES string of the molecule is COc1ccc(Cl)cc1NC(=O)c1oc2c(c1C)/C(=N/NC(=O)Cc1coc3c(C)c(C)ccc13)CCC2. The van der Waals surface area contributed by atoms with Crippen molar-refractivity contribution in [3.63, 3.8) is 0 Å². The first kappa shape index (κ1) is 25.6. The minimum atomic E-state index is -0.418. The predicted molar refractivity (Wildman–Crippen MR) is 146 cm³/mol. The molecule has 0 bridgehead atoms. The summed E-state index contributed by atoms with van der Waals surface area (Å²) in [5.41, 5.74) is 9.04. The normalized spacial score (nSPS) is 14.0. The van der Waals surface area contributed by atoms with Crippen LogP contribution in [0.25, 0.3) is 11.0 Å². The Morgan fingerprint density at radius 1 is 1.11 bits per heavy atom. The Balaban J connectivity index is 1.34. The van der Waals surface area contributed by atoms with Gasteiger partial charge in [-0.1, -0.05) is 23.7 Å². The van der Waals surface area contributed by atoms with Gasteiger partial charge in [-0.05, 0) is 62.9 Å². The number of furan rings is 2. The Hall–Kier alpha value is -4.04. The summed E-state index contributed by atoms with van der Waals surface area (Å²) in [7, 11) is 1.52. The van der Waals surface area contributed by atoms with Crippen molar-refractivity contribution in [2.24, 2.45) is 5.10 Å². The molecule has 0 saturated heterocycles. The van der Waals surface area contributed by atoms with Crippen LogP contribution in [0, 0.1) is 20.8 Å². The zero-order valence-electron chi connectivity index (χ0n) is 21.7. The van der Waals surface area contributed by atoms with Crippen molar-refractivity contribution in [3.8, 4) is 5.75 Å². The smallest absolute Gasteiger partial charge is 0.291 e. The number of hydrogen-bond acceptors (Lipinski definition) is 6. The molecule has 0 saturated carbocycles. The summed E-state index contributed by atoms with van der Waals surface area (Å²) in [6.07, 6.45) is 3.89. The first-order valence-electron chi connectivity index (χ1n) is 12.4. The number of fused-ring (bicyclic) bond motifs is 2. The fourth-order valence-corrected chi connectivity index (χ4v) is 4.99. The van der Waals surface area contributed by atoms with Crippen LogP contribution in [-0.2, 0) is 17.6 Å². The van der Waals surface area contributed by atoms with Gasteiger partial charge in [-0.15, -0.1) is 0 Å². The summed E-state index contributed by atoms with van der Waals surface area (Å²) in [6.45, 7) is 5.85. The van der Waals surface area contributed by atoms with Gasteiger partial charge >= 0.3 is 0 Å². The van der Waals surface area contributed by atoms with Gasteiger partial charge in [0.2, 0.25) is 5.91 Å². The average Bonchev–Trinajstić information content (AvgIpc) is 3.46. The molecule has 0 fully saturated rings. The van der Waals surface area contributed by atoms with Gasteiger partial charge in [0.15, 0.2) is 5.76 Å². The van der Waals surface area contributed by atoms with Crippen molar-refractivity contribution >= 4 is 45.8 Å². The molecule has 2 heterocycles. The molecule has 2 amide bonds. The molecule has 196 valence electrons. The Bertz CT molecular complexity index is 1600. The van der Waals surface area contributed by atoms with Crippen LogP contribution < -0.4 is 15.5 Å². The summed E-state index contributed by atoms with van der Waals surface area (Å²) < 4.78 is 17.0. The Morgan fingerprint density at radius 3 is 2.71 bits per heavy atom. The number of rotatable bonds is 6. The number of anilines is 1. The maximum absolute atomic E-state index is 13.1. The Morgan fingerprint density at radius 2 is 1.92 bits per heavy atom. The third-order valence-electron chi connectivity index (χ3n) is 6.95. The summed E-state index contributed by atoms with van der Waals surface area (Å²) in [6, 6.07) is 8.98. The van der Waals surface area contributed by atoms with Gasteiger partial charge < -0.3 is 18.9 Å². The summed E-state index contributed by atoms with van der Waals surface area (Å²) in [5, 5.41) is 8.64. The van der Waals surface area contributed by atoms with E-state index in [1.54, 1.807) is 24.5 Å². The second-order valence-electron chi connectivity index (χ2n) is 9.42. The van der Waals surface area contributed by atoms with E-state index >= 15 is 0 Å². The molecule has 0 unspecified atom stereocenters.